The molecule has 0 radical (unpaired) electrons. The predicted octanol–water partition coefficient (Wildman–Crippen LogP) is 4.92. The van der Waals surface area contributed by atoms with Crippen LogP contribution in [0.1, 0.15) is 85.0 Å². The normalized spacial score (nSPS) is 25.9. The number of ether oxygens (including phenoxy) is 1. The highest BCUT2D eigenvalue weighted by atomic mass is 16.5. The van der Waals surface area contributed by atoms with Crippen molar-refractivity contribution in [3.8, 4) is 0 Å². The van der Waals surface area contributed by atoms with Crippen LogP contribution in [0.4, 0.5) is 0 Å². The Morgan fingerprint density at radius 2 is 1.71 bits per heavy atom. The van der Waals surface area contributed by atoms with E-state index in [1.54, 1.807) is 0 Å². The zero-order chi connectivity index (χ0) is 15.1. The summed E-state index contributed by atoms with van der Waals surface area (Å²) in [6, 6.07) is 0.597. The lowest BCUT2D eigenvalue weighted by molar-refractivity contribution is -0.0148. The van der Waals surface area contributed by atoms with Gasteiger partial charge in [-0.15, -0.1) is 0 Å². The third kappa shape index (κ3) is 5.90. The van der Waals surface area contributed by atoms with Crippen LogP contribution in [0.15, 0.2) is 0 Å². The second-order valence-electron chi connectivity index (χ2n) is 8.16. The van der Waals surface area contributed by atoms with Crippen molar-refractivity contribution in [2.45, 2.75) is 97.1 Å². The topological polar surface area (TPSA) is 21.3 Å². The Hall–Kier alpha value is -0.0800. The fourth-order valence-corrected chi connectivity index (χ4v) is 4.01. The van der Waals surface area contributed by atoms with Gasteiger partial charge in [-0.1, -0.05) is 40.0 Å². The van der Waals surface area contributed by atoms with E-state index >= 15 is 0 Å². The molecule has 2 saturated carbocycles. The maximum absolute atomic E-state index is 6.33. The van der Waals surface area contributed by atoms with Gasteiger partial charge >= 0.3 is 0 Å². The molecule has 2 rings (SSSR count). The molecule has 2 aliphatic rings. The Kier molecular flexibility index (Phi) is 7.01. The Balaban J connectivity index is 1.75. The number of hydrogen-bond acceptors (Lipinski definition) is 2. The van der Waals surface area contributed by atoms with Gasteiger partial charge in [0.1, 0.15) is 0 Å². The summed E-state index contributed by atoms with van der Waals surface area (Å²) >= 11 is 0. The number of rotatable bonds is 7. The van der Waals surface area contributed by atoms with E-state index in [-0.39, 0.29) is 0 Å². The van der Waals surface area contributed by atoms with Crippen LogP contribution in [0, 0.1) is 11.3 Å². The van der Waals surface area contributed by atoms with E-state index in [2.05, 4.69) is 26.1 Å². The minimum absolute atomic E-state index is 0.521. The lowest BCUT2D eigenvalue weighted by Gasteiger charge is -2.36. The molecule has 0 heterocycles. The first-order valence-electron chi connectivity index (χ1n) is 9.46. The molecule has 2 heteroatoms. The van der Waals surface area contributed by atoms with Crippen LogP contribution in [0.3, 0.4) is 0 Å². The summed E-state index contributed by atoms with van der Waals surface area (Å²) in [5, 5.41) is 3.77. The van der Waals surface area contributed by atoms with Gasteiger partial charge in [-0.3, -0.25) is 0 Å². The molecule has 0 saturated heterocycles. The molecule has 0 aliphatic heterocycles. The number of hydrogen-bond donors (Lipinski definition) is 1. The number of nitrogens with one attached hydrogen (secondary N) is 1. The zero-order valence-corrected chi connectivity index (χ0v) is 14.6. The van der Waals surface area contributed by atoms with Gasteiger partial charge in [-0.25, -0.2) is 0 Å². The van der Waals surface area contributed by atoms with Crippen molar-refractivity contribution in [1.82, 2.24) is 5.32 Å². The summed E-state index contributed by atoms with van der Waals surface area (Å²) in [7, 11) is 0. The molecule has 0 aromatic rings. The summed E-state index contributed by atoms with van der Waals surface area (Å²) in [6.07, 6.45) is 14.0. The van der Waals surface area contributed by atoms with Gasteiger partial charge in [-0.2, -0.15) is 0 Å². The molecule has 0 aromatic carbocycles. The van der Waals surface area contributed by atoms with Crippen LogP contribution < -0.4 is 5.32 Å². The Morgan fingerprint density at radius 3 is 2.33 bits per heavy atom. The van der Waals surface area contributed by atoms with E-state index in [4.69, 9.17) is 4.74 Å². The van der Waals surface area contributed by atoms with Crippen LogP contribution in [0.5, 0.6) is 0 Å². The third-order valence-corrected chi connectivity index (χ3v) is 5.67. The van der Waals surface area contributed by atoms with Crippen LogP contribution >= 0.6 is 0 Å². The van der Waals surface area contributed by atoms with E-state index in [9.17, 15) is 0 Å². The highest BCUT2D eigenvalue weighted by Gasteiger charge is 2.29. The van der Waals surface area contributed by atoms with E-state index in [1.165, 1.54) is 64.2 Å². The van der Waals surface area contributed by atoms with E-state index < -0.39 is 0 Å². The van der Waals surface area contributed by atoms with Crippen LogP contribution in [-0.2, 0) is 4.74 Å². The van der Waals surface area contributed by atoms with Gasteiger partial charge in [0.15, 0.2) is 0 Å². The summed E-state index contributed by atoms with van der Waals surface area (Å²) in [5.74, 6) is 0.852. The lowest BCUT2D eigenvalue weighted by atomic mass is 9.76. The van der Waals surface area contributed by atoms with Crippen molar-refractivity contribution in [1.29, 1.82) is 0 Å². The van der Waals surface area contributed by atoms with Crippen LogP contribution in [0.2, 0.25) is 0 Å². The summed E-state index contributed by atoms with van der Waals surface area (Å²) in [4.78, 5) is 0. The molecule has 2 aliphatic carbocycles. The van der Waals surface area contributed by atoms with Crippen molar-refractivity contribution in [3.63, 3.8) is 0 Å². The maximum Gasteiger partial charge on any atom is 0.0626 e. The predicted molar refractivity (Wildman–Crippen MR) is 90.6 cm³/mol. The minimum atomic E-state index is 0.521. The van der Waals surface area contributed by atoms with E-state index in [0.717, 1.165) is 19.1 Å². The second-order valence-corrected chi connectivity index (χ2v) is 8.16. The smallest absolute Gasteiger partial charge is 0.0626 e. The van der Waals surface area contributed by atoms with Crippen molar-refractivity contribution >= 4 is 0 Å². The second kappa shape index (κ2) is 8.53. The molecule has 21 heavy (non-hydrogen) atoms. The van der Waals surface area contributed by atoms with E-state index in [1.807, 2.05) is 0 Å². The zero-order valence-electron chi connectivity index (χ0n) is 14.6. The van der Waals surface area contributed by atoms with Crippen molar-refractivity contribution in [2.24, 2.45) is 11.3 Å². The van der Waals surface area contributed by atoms with Gasteiger partial charge < -0.3 is 10.1 Å². The summed E-state index contributed by atoms with van der Waals surface area (Å²) in [5.41, 5.74) is 0.545. The maximum atomic E-state index is 6.33. The van der Waals surface area contributed by atoms with Gasteiger partial charge in [0.25, 0.3) is 0 Å². The Labute approximate surface area is 132 Å². The van der Waals surface area contributed by atoms with Crippen molar-refractivity contribution in [3.05, 3.63) is 0 Å². The first kappa shape index (κ1) is 17.3. The highest BCUT2D eigenvalue weighted by Crippen LogP contribution is 2.36. The molecule has 1 unspecified atom stereocenters. The molecular formula is C19H37NO. The molecular weight excluding hydrogens is 258 g/mol. The molecule has 2 nitrogen and oxygen atoms in total. The van der Waals surface area contributed by atoms with Gasteiger partial charge in [-0.05, 0) is 62.8 Å². The molecule has 0 amide bonds. The Bertz CT molecular complexity index is 273. The molecule has 0 aromatic heterocycles. The molecule has 2 fully saturated rings. The Morgan fingerprint density at radius 1 is 1.05 bits per heavy atom. The van der Waals surface area contributed by atoms with E-state index in [0.29, 0.717) is 17.6 Å². The first-order valence-corrected chi connectivity index (χ1v) is 9.46. The fourth-order valence-electron chi connectivity index (χ4n) is 4.01. The standard InChI is InChI=1S/C19H37NO/c1-4-14-20-18(16-8-6-5-7-9-16)15-21-17-10-12-19(2,3)13-11-17/h16-18,20H,4-15H2,1-3H3. The monoisotopic (exact) mass is 295 g/mol. The van der Waals surface area contributed by atoms with Crippen molar-refractivity contribution in [2.75, 3.05) is 13.2 Å². The average molecular weight is 296 g/mol. The summed E-state index contributed by atoms with van der Waals surface area (Å²) in [6.45, 7) is 9.14. The van der Waals surface area contributed by atoms with Gasteiger partial charge in [0.05, 0.1) is 12.7 Å². The summed E-state index contributed by atoms with van der Waals surface area (Å²) < 4.78 is 6.33. The quantitative estimate of drug-likeness (QED) is 0.720. The average Bonchev–Trinajstić information content (AvgIpc) is 2.49. The van der Waals surface area contributed by atoms with Crippen LogP contribution in [-0.4, -0.2) is 25.3 Å². The third-order valence-electron chi connectivity index (χ3n) is 5.67. The van der Waals surface area contributed by atoms with Crippen molar-refractivity contribution < 1.29 is 4.74 Å². The van der Waals surface area contributed by atoms with Gasteiger partial charge in [0.2, 0.25) is 0 Å². The van der Waals surface area contributed by atoms with Gasteiger partial charge in [0, 0.05) is 6.04 Å². The molecule has 1 N–H and O–H groups in total. The fraction of sp³-hybridized carbons (Fsp3) is 1.00. The largest absolute Gasteiger partial charge is 0.377 e. The molecule has 0 bridgehead atoms. The lowest BCUT2D eigenvalue weighted by Crippen LogP contribution is -2.42. The van der Waals surface area contributed by atoms with Crippen LogP contribution in [0.25, 0.3) is 0 Å². The highest BCUT2D eigenvalue weighted by molar-refractivity contribution is 4.82. The molecule has 1 atom stereocenters. The minimum Gasteiger partial charge on any atom is -0.377 e. The SMILES string of the molecule is CCCNC(COC1CCC(C)(C)CC1)C1CCCCC1. The molecule has 0 spiro atoms. The molecule has 124 valence electrons. The first-order chi connectivity index (χ1) is 10.1.